The third kappa shape index (κ3) is 3.92. The molecular formula is C11H16FN. The first-order valence-electron chi connectivity index (χ1n) is 4.82. The molecule has 0 amide bonds. The summed E-state index contributed by atoms with van der Waals surface area (Å²) >= 11 is 0. The highest BCUT2D eigenvalue weighted by Crippen LogP contribution is 2.08. The molecule has 1 rings (SSSR count). The van der Waals surface area contributed by atoms with Gasteiger partial charge in [-0.25, -0.2) is 4.39 Å². The summed E-state index contributed by atoms with van der Waals surface area (Å²) in [6, 6.07) is 6.48. The molecule has 0 aliphatic carbocycles. The Morgan fingerprint density at radius 1 is 1.15 bits per heavy atom. The van der Waals surface area contributed by atoms with E-state index < -0.39 is 0 Å². The van der Waals surface area contributed by atoms with Crippen molar-refractivity contribution in [3.8, 4) is 0 Å². The van der Waals surface area contributed by atoms with E-state index in [-0.39, 0.29) is 5.82 Å². The van der Waals surface area contributed by atoms with Crippen LogP contribution in [0.25, 0.3) is 0 Å². The zero-order valence-corrected chi connectivity index (χ0v) is 8.02. The Morgan fingerprint density at radius 2 is 1.85 bits per heavy atom. The zero-order chi connectivity index (χ0) is 9.52. The predicted octanol–water partition coefficient (Wildman–Crippen LogP) is 3.43. The van der Waals surface area contributed by atoms with E-state index in [9.17, 15) is 4.39 Å². The number of benzene rings is 1. The van der Waals surface area contributed by atoms with Crippen molar-refractivity contribution >= 4 is 5.69 Å². The number of unbranched alkanes of at least 4 members (excludes halogenated alkanes) is 2. The molecule has 0 saturated heterocycles. The third-order valence-electron chi connectivity index (χ3n) is 1.95. The van der Waals surface area contributed by atoms with Gasteiger partial charge >= 0.3 is 0 Å². The fourth-order valence-corrected chi connectivity index (χ4v) is 1.18. The average molecular weight is 181 g/mol. The summed E-state index contributed by atoms with van der Waals surface area (Å²) in [6.45, 7) is 3.15. The predicted molar refractivity (Wildman–Crippen MR) is 54.4 cm³/mol. The molecular weight excluding hydrogens is 165 g/mol. The third-order valence-corrected chi connectivity index (χ3v) is 1.95. The Labute approximate surface area is 79.0 Å². The number of hydrogen-bond donors (Lipinski definition) is 1. The van der Waals surface area contributed by atoms with Crippen molar-refractivity contribution in [1.29, 1.82) is 0 Å². The van der Waals surface area contributed by atoms with Crippen LogP contribution in [0.4, 0.5) is 10.1 Å². The molecule has 2 heteroatoms. The zero-order valence-electron chi connectivity index (χ0n) is 8.02. The number of nitrogens with one attached hydrogen (secondary N) is 1. The minimum Gasteiger partial charge on any atom is -0.385 e. The minimum absolute atomic E-state index is 0.181. The molecule has 0 aromatic heterocycles. The maximum Gasteiger partial charge on any atom is 0.123 e. The molecule has 0 aliphatic heterocycles. The van der Waals surface area contributed by atoms with Gasteiger partial charge in [0.05, 0.1) is 0 Å². The summed E-state index contributed by atoms with van der Waals surface area (Å²) in [7, 11) is 0. The van der Waals surface area contributed by atoms with E-state index in [0.29, 0.717) is 0 Å². The van der Waals surface area contributed by atoms with Gasteiger partial charge in [0, 0.05) is 12.2 Å². The summed E-state index contributed by atoms with van der Waals surface area (Å²) in [6.07, 6.45) is 3.65. The topological polar surface area (TPSA) is 12.0 Å². The van der Waals surface area contributed by atoms with E-state index in [1.165, 1.54) is 31.4 Å². The number of halogens is 1. The lowest BCUT2D eigenvalue weighted by Gasteiger charge is -2.04. The lowest BCUT2D eigenvalue weighted by atomic mass is 10.2. The van der Waals surface area contributed by atoms with E-state index >= 15 is 0 Å². The first kappa shape index (κ1) is 10.0. The van der Waals surface area contributed by atoms with Crippen molar-refractivity contribution in [1.82, 2.24) is 0 Å². The molecule has 1 nitrogen and oxygen atoms in total. The summed E-state index contributed by atoms with van der Waals surface area (Å²) in [4.78, 5) is 0. The van der Waals surface area contributed by atoms with Gasteiger partial charge in [0.25, 0.3) is 0 Å². The van der Waals surface area contributed by atoms with Gasteiger partial charge in [0.15, 0.2) is 0 Å². The highest BCUT2D eigenvalue weighted by Gasteiger charge is 1.91. The molecule has 0 atom stereocenters. The van der Waals surface area contributed by atoms with E-state index in [2.05, 4.69) is 12.2 Å². The molecule has 0 aliphatic rings. The maximum atomic E-state index is 12.5. The van der Waals surface area contributed by atoms with Gasteiger partial charge in [-0.05, 0) is 30.7 Å². The summed E-state index contributed by atoms with van der Waals surface area (Å²) in [5.74, 6) is -0.181. The number of rotatable bonds is 5. The Hall–Kier alpha value is -1.05. The smallest absolute Gasteiger partial charge is 0.123 e. The lowest BCUT2D eigenvalue weighted by Crippen LogP contribution is -2.00. The van der Waals surface area contributed by atoms with Crippen molar-refractivity contribution in [2.75, 3.05) is 11.9 Å². The van der Waals surface area contributed by atoms with Gasteiger partial charge in [0.2, 0.25) is 0 Å². The van der Waals surface area contributed by atoms with Crippen molar-refractivity contribution in [2.45, 2.75) is 26.2 Å². The molecule has 0 unspecified atom stereocenters. The average Bonchev–Trinajstić information content (AvgIpc) is 2.15. The second kappa shape index (κ2) is 5.57. The summed E-state index contributed by atoms with van der Waals surface area (Å²) in [5.41, 5.74) is 0.998. The van der Waals surface area contributed by atoms with Gasteiger partial charge in [0.1, 0.15) is 5.82 Å². The van der Waals surface area contributed by atoms with Crippen LogP contribution < -0.4 is 5.32 Å². The molecule has 1 N–H and O–H groups in total. The van der Waals surface area contributed by atoms with Crippen molar-refractivity contribution < 1.29 is 4.39 Å². The molecule has 0 bridgehead atoms. The Kier molecular flexibility index (Phi) is 4.30. The lowest BCUT2D eigenvalue weighted by molar-refractivity contribution is 0.628. The SMILES string of the molecule is CCCCCNc1ccc(F)cc1. The normalized spacial score (nSPS) is 10.0. The quantitative estimate of drug-likeness (QED) is 0.686. The standard InChI is InChI=1S/C11H16FN/c1-2-3-4-9-13-11-7-5-10(12)6-8-11/h5-8,13H,2-4,9H2,1H3. The van der Waals surface area contributed by atoms with Crippen molar-refractivity contribution in [3.05, 3.63) is 30.1 Å². The van der Waals surface area contributed by atoms with Gasteiger partial charge in [-0.15, -0.1) is 0 Å². The number of hydrogen-bond acceptors (Lipinski definition) is 1. The number of anilines is 1. The second-order valence-electron chi connectivity index (χ2n) is 3.14. The summed E-state index contributed by atoms with van der Waals surface area (Å²) < 4.78 is 12.5. The molecule has 72 valence electrons. The van der Waals surface area contributed by atoms with Crippen molar-refractivity contribution in [2.24, 2.45) is 0 Å². The summed E-state index contributed by atoms with van der Waals surface area (Å²) in [5, 5.41) is 3.24. The van der Waals surface area contributed by atoms with E-state index in [1.807, 2.05) is 0 Å². The Morgan fingerprint density at radius 3 is 2.46 bits per heavy atom. The van der Waals surface area contributed by atoms with Gasteiger partial charge in [-0.3, -0.25) is 0 Å². The maximum absolute atomic E-state index is 12.5. The second-order valence-corrected chi connectivity index (χ2v) is 3.14. The van der Waals surface area contributed by atoms with E-state index in [4.69, 9.17) is 0 Å². The van der Waals surface area contributed by atoms with Crippen LogP contribution in [0.2, 0.25) is 0 Å². The van der Waals surface area contributed by atoms with Crippen LogP contribution in [0.15, 0.2) is 24.3 Å². The molecule has 0 saturated carbocycles. The van der Waals surface area contributed by atoms with Gasteiger partial charge < -0.3 is 5.32 Å². The monoisotopic (exact) mass is 181 g/mol. The van der Waals surface area contributed by atoms with E-state index in [0.717, 1.165) is 12.2 Å². The first-order chi connectivity index (χ1) is 6.33. The van der Waals surface area contributed by atoms with Gasteiger partial charge in [-0.1, -0.05) is 19.8 Å². The van der Waals surface area contributed by atoms with Crippen molar-refractivity contribution in [3.63, 3.8) is 0 Å². The minimum atomic E-state index is -0.181. The van der Waals surface area contributed by atoms with Crippen LogP contribution in [0.3, 0.4) is 0 Å². The molecule has 1 aromatic rings. The Bertz CT molecular complexity index is 230. The fourth-order valence-electron chi connectivity index (χ4n) is 1.18. The largest absolute Gasteiger partial charge is 0.385 e. The fraction of sp³-hybridized carbons (Fsp3) is 0.455. The highest BCUT2D eigenvalue weighted by atomic mass is 19.1. The van der Waals surface area contributed by atoms with Crippen LogP contribution in [0, 0.1) is 5.82 Å². The molecule has 0 heterocycles. The van der Waals surface area contributed by atoms with Gasteiger partial charge in [-0.2, -0.15) is 0 Å². The van der Waals surface area contributed by atoms with Crippen LogP contribution in [-0.4, -0.2) is 6.54 Å². The molecule has 13 heavy (non-hydrogen) atoms. The molecule has 0 fully saturated rings. The Balaban J connectivity index is 2.25. The molecule has 0 radical (unpaired) electrons. The van der Waals surface area contributed by atoms with E-state index in [1.54, 1.807) is 12.1 Å². The van der Waals surface area contributed by atoms with Crippen LogP contribution >= 0.6 is 0 Å². The van der Waals surface area contributed by atoms with Crippen LogP contribution in [0.5, 0.6) is 0 Å². The van der Waals surface area contributed by atoms with Crippen LogP contribution in [0.1, 0.15) is 26.2 Å². The molecule has 1 aromatic carbocycles. The van der Waals surface area contributed by atoms with Crippen LogP contribution in [-0.2, 0) is 0 Å². The highest BCUT2D eigenvalue weighted by molar-refractivity contribution is 5.42. The molecule has 0 spiro atoms. The first-order valence-corrected chi connectivity index (χ1v) is 4.82.